The Morgan fingerprint density at radius 2 is 1.79 bits per heavy atom. The molecule has 43 heavy (non-hydrogen) atoms. The topological polar surface area (TPSA) is 119 Å². The number of Topliss-reactive ketones (excluding diaryl/α,β-unsaturated/α-hetero) is 1. The first-order valence-corrected chi connectivity index (χ1v) is 15.3. The summed E-state index contributed by atoms with van der Waals surface area (Å²) in [7, 11) is 1.29. The number of aliphatic hydroxyl groups excluding tert-OH is 1. The summed E-state index contributed by atoms with van der Waals surface area (Å²) < 4.78 is 11.2. The molecule has 3 aromatic carbocycles. The Kier molecular flexibility index (Phi) is 7.76. The number of carbonyl (C=O) groups is 3. The number of benzene rings is 3. The van der Waals surface area contributed by atoms with Crippen LogP contribution < -0.4 is 9.64 Å². The number of nitrogens with zero attached hydrogens (tertiary/aromatic N) is 3. The molecule has 6 rings (SSSR count). The summed E-state index contributed by atoms with van der Waals surface area (Å²) in [6.07, 6.45) is 0.665. The number of methoxy groups -OCH3 is 1. The first kappa shape index (κ1) is 28.6. The van der Waals surface area contributed by atoms with Crippen molar-refractivity contribution in [3.63, 3.8) is 0 Å². The van der Waals surface area contributed by atoms with Crippen LogP contribution in [0.4, 0.5) is 5.13 Å². The van der Waals surface area contributed by atoms with E-state index in [9.17, 15) is 19.5 Å². The molecule has 0 radical (unpaired) electrons. The van der Waals surface area contributed by atoms with Crippen LogP contribution in [0.2, 0.25) is 0 Å². The molecular formula is C32H27N3O6S2. The third-order valence-corrected chi connectivity index (χ3v) is 9.47. The molecule has 2 aliphatic heterocycles. The molecule has 0 saturated carbocycles. The predicted molar refractivity (Wildman–Crippen MR) is 163 cm³/mol. The van der Waals surface area contributed by atoms with Crippen LogP contribution in [0.5, 0.6) is 5.75 Å². The van der Waals surface area contributed by atoms with Crippen molar-refractivity contribution >= 4 is 51.6 Å². The summed E-state index contributed by atoms with van der Waals surface area (Å²) >= 11 is 2.67. The van der Waals surface area contributed by atoms with Crippen molar-refractivity contribution in [2.45, 2.75) is 42.5 Å². The molecule has 4 aromatic rings. The zero-order valence-electron chi connectivity index (χ0n) is 23.6. The lowest BCUT2D eigenvalue weighted by Crippen LogP contribution is -2.29. The van der Waals surface area contributed by atoms with E-state index in [1.54, 1.807) is 42.5 Å². The van der Waals surface area contributed by atoms with Crippen molar-refractivity contribution in [3.8, 4) is 5.75 Å². The SMILES string of the molecule is COC(=O)c1ccc([C@H]2C(=C(O)c3ccc4c(c3)C[C@H](C)O4)C(=O)C(=O)N2c2nnc(SCc3ccc(C)cc3)s2)cc1. The van der Waals surface area contributed by atoms with Crippen molar-refractivity contribution in [2.75, 3.05) is 12.0 Å². The highest BCUT2D eigenvalue weighted by atomic mass is 32.2. The number of anilines is 1. The number of amides is 1. The van der Waals surface area contributed by atoms with E-state index in [2.05, 4.69) is 10.2 Å². The Bertz CT molecular complexity index is 1760. The number of ketones is 1. The van der Waals surface area contributed by atoms with Crippen LogP contribution >= 0.6 is 23.1 Å². The Morgan fingerprint density at radius 3 is 2.51 bits per heavy atom. The first-order valence-electron chi connectivity index (χ1n) is 13.5. The van der Waals surface area contributed by atoms with Crippen LogP contribution in [-0.4, -0.2) is 46.2 Å². The number of hydrogen-bond acceptors (Lipinski definition) is 10. The summed E-state index contributed by atoms with van der Waals surface area (Å²) in [5.74, 6) is -1.10. The molecule has 1 saturated heterocycles. The number of aliphatic hydroxyl groups is 1. The van der Waals surface area contributed by atoms with Gasteiger partial charge in [-0.25, -0.2) is 4.79 Å². The fourth-order valence-electron chi connectivity index (χ4n) is 5.18. The Balaban J connectivity index is 1.39. The lowest BCUT2D eigenvalue weighted by Gasteiger charge is -2.22. The first-order chi connectivity index (χ1) is 20.7. The second-order valence-corrected chi connectivity index (χ2v) is 12.5. The second-order valence-electron chi connectivity index (χ2n) is 10.4. The number of aryl methyl sites for hydroxylation is 1. The minimum Gasteiger partial charge on any atom is -0.507 e. The van der Waals surface area contributed by atoms with Gasteiger partial charge in [0.2, 0.25) is 5.13 Å². The minimum atomic E-state index is -1.00. The molecule has 2 atom stereocenters. The molecule has 218 valence electrons. The van der Waals surface area contributed by atoms with Crippen molar-refractivity contribution in [2.24, 2.45) is 0 Å². The van der Waals surface area contributed by atoms with Crippen LogP contribution in [0.15, 0.2) is 76.6 Å². The predicted octanol–water partition coefficient (Wildman–Crippen LogP) is 5.88. The van der Waals surface area contributed by atoms with Gasteiger partial charge in [-0.2, -0.15) is 0 Å². The summed E-state index contributed by atoms with van der Waals surface area (Å²) in [5, 5.41) is 20.3. The van der Waals surface area contributed by atoms with Crippen LogP contribution in [0.25, 0.3) is 5.76 Å². The Labute approximate surface area is 256 Å². The van der Waals surface area contributed by atoms with E-state index in [4.69, 9.17) is 9.47 Å². The van der Waals surface area contributed by atoms with E-state index in [1.807, 2.05) is 38.1 Å². The van der Waals surface area contributed by atoms with Crippen molar-refractivity contribution in [1.29, 1.82) is 0 Å². The largest absolute Gasteiger partial charge is 0.507 e. The lowest BCUT2D eigenvalue weighted by molar-refractivity contribution is -0.132. The molecule has 2 aliphatic rings. The van der Waals surface area contributed by atoms with Gasteiger partial charge in [-0.05, 0) is 60.9 Å². The third-order valence-electron chi connectivity index (χ3n) is 7.35. The third kappa shape index (κ3) is 5.53. The van der Waals surface area contributed by atoms with E-state index in [0.717, 1.165) is 16.9 Å². The molecule has 1 N–H and O–H groups in total. The molecule has 0 spiro atoms. The number of ether oxygens (including phenoxy) is 2. The number of hydrogen-bond donors (Lipinski definition) is 1. The molecule has 0 bridgehead atoms. The van der Waals surface area contributed by atoms with Crippen LogP contribution in [0.1, 0.15) is 51.1 Å². The molecule has 11 heteroatoms. The van der Waals surface area contributed by atoms with E-state index in [1.165, 1.54) is 40.7 Å². The molecule has 0 aliphatic carbocycles. The normalized spacial score (nSPS) is 18.9. The maximum absolute atomic E-state index is 13.6. The van der Waals surface area contributed by atoms with Gasteiger partial charge in [0.25, 0.3) is 5.78 Å². The van der Waals surface area contributed by atoms with E-state index in [-0.39, 0.29) is 22.6 Å². The maximum Gasteiger partial charge on any atom is 0.337 e. The second kappa shape index (κ2) is 11.7. The maximum atomic E-state index is 13.6. The highest BCUT2D eigenvalue weighted by Crippen LogP contribution is 2.44. The van der Waals surface area contributed by atoms with E-state index in [0.29, 0.717) is 33.2 Å². The Morgan fingerprint density at radius 1 is 1.07 bits per heavy atom. The zero-order chi connectivity index (χ0) is 30.2. The van der Waals surface area contributed by atoms with E-state index < -0.39 is 23.7 Å². The summed E-state index contributed by atoms with van der Waals surface area (Å²) in [5.41, 5.74) is 4.34. The van der Waals surface area contributed by atoms with Gasteiger partial charge in [0, 0.05) is 17.7 Å². The standard InChI is InChI=1S/C32H27N3O6S2/c1-17-4-6-19(7-5-17)16-42-32-34-33-31(43-32)35-26(20-8-10-21(11-9-20)30(39)40-3)25(28(37)29(35)38)27(36)22-12-13-24-23(15-22)14-18(2)41-24/h4-13,15,18,26,36H,14,16H2,1-3H3/t18-,26-/m0/s1. The molecule has 1 fully saturated rings. The van der Waals surface area contributed by atoms with E-state index >= 15 is 0 Å². The summed E-state index contributed by atoms with van der Waals surface area (Å²) in [6, 6.07) is 18.8. The van der Waals surface area contributed by atoms with Gasteiger partial charge in [0.1, 0.15) is 17.6 Å². The zero-order valence-corrected chi connectivity index (χ0v) is 25.2. The number of aromatic nitrogens is 2. The van der Waals surface area contributed by atoms with Gasteiger partial charge in [0.15, 0.2) is 4.34 Å². The van der Waals surface area contributed by atoms with Crippen LogP contribution in [0.3, 0.4) is 0 Å². The van der Waals surface area contributed by atoms with Crippen molar-refractivity contribution in [1.82, 2.24) is 10.2 Å². The van der Waals surface area contributed by atoms with Gasteiger partial charge in [-0.1, -0.05) is 65.1 Å². The number of carbonyl (C=O) groups excluding carboxylic acids is 3. The summed E-state index contributed by atoms with van der Waals surface area (Å²) in [4.78, 5) is 40.5. The average Bonchev–Trinajstić information content (AvgIpc) is 3.71. The molecule has 1 aromatic heterocycles. The highest BCUT2D eigenvalue weighted by Gasteiger charge is 2.48. The average molecular weight is 614 g/mol. The molecule has 1 amide bonds. The number of thioether (sulfide) groups is 1. The quantitative estimate of drug-likeness (QED) is 0.0681. The van der Waals surface area contributed by atoms with Gasteiger partial charge in [-0.3, -0.25) is 14.5 Å². The van der Waals surface area contributed by atoms with Gasteiger partial charge >= 0.3 is 11.9 Å². The van der Waals surface area contributed by atoms with Gasteiger partial charge in [0.05, 0.1) is 24.3 Å². The fourth-order valence-corrected chi connectivity index (χ4v) is 7.00. The van der Waals surface area contributed by atoms with Crippen LogP contribution in [0, 0.1) is 6.92 Å². The number of rotatable bonds is 7. The lowest BCUT2D eigenvalue weighted by atomic mass is 9.94. The summed E-state index contributed by atoms with van der Waals surface area (Å²) in [6.45, 7) is 3.99. The molecule has 9 nitrogen and oxygen atoms in total. The fraction of sp³-hybridized carbons (Fsp3) is 0.219. The smallest absolute Gasteiger partial charge is 0.337 e. The van der Waals surface area contributed by atoms with Crippen molar-refractivity contribution in [3.05, 3.63) is 106 Å². The number of esters is 1. The molecule has 0 unspecified atom stereocenters. The van der Waals surface area contributed by atoms with Crippen molar-refractivity contribution < 1.29 is 29.0 Å². The highest BCUT2D eigenvalue weighted by molar-refractivity contribution is 8.00. The van der Waals surface area contributed by atoms with Gasteiger partial charge < -0.3 is 14.6 Å². The van der Waals surface area contributed by atoms with Gasteiger partial charge in [-0.15, -0.1) is 10.2 Å². The monoisotopic (exact) mass is 613 g/mol. The molecular weight excluding hydrogens is 587 g/mol. The minimum absolute atomic E-state index is 0.00165. The number of fused-ring (bicyclic) bond motifs is 1. The molecule has 3 heterocycles. The Hall–Kier alpha value is -4.48. The van der Waals surface area contributed by atoms with Crippen LogP contribution in [-0.2, 0) is 26.5 Å².